The summed E-state index contributed by atoms with van der Waals surface area (Å²) in [6, 6.07) is -0.132. The van der Waals surface area contributed by atoms with Gasteiger partial charge in [-0.05, 0) is 12.8 Å². The summed E-state index contributed by atoms with van der Waals surface area (Å²) in [6.07, 6.45) is 0. The minimum absolute atomic E-state index is 0.132. The molecule has 0 heterocycles. The molecule has 0 aromatic carbocycles. The number of sulfonamides is 1. The Morgan fingerprint density at radius 1 is 1.33 bits per heavy atom. The van der Waals surface area contributed by atoms with E-state index in [-0.39, 0.29) is 17.7 Å². The molecule has 0 rings (SSSR count). The predicted molar refractivity (Wildman–Crippen MR) is 50.3 cm³/mol. The molecule has 4 nitrogen and oxygen atoms in total. The van der Waals surface area contributed by atoms with Gasteiger partial charge >= 0.3 is 0 Å². The highest BCUT2D eigenvalue weighted by molar-refractivity contribution is 7.89. The van der Waals surface area contributed by atoms with Crippen molar-refractivity contribution in [2.45, 2.75) is 26.8 Å². The van der Waals surface area contributed by atoms with Crippen molar-refractivity contribution in [1.29, 1.82) is 0 Å². The van der Waals surface area contributed by atoms with Gasteiger partial charge in [-0.3, -0.25) is 0 Å². The van der Waals surface area contributed by atoms with Gasteiger partial charge < -0.3 is 5.73 Å². The van der Waals surface area contributed by atoms with Crippen LogP contribution in [-0.4, -0.2) is 26.8 Å². The number of nitrogens with two attached hydrogens (primary N) is 1. The minimum atomic E-state index is -3.11. The summed E-state index contributed by atoms with van der Waals surface area (Å²) >= 11 is 0. The van der Waals surface area contributed by atoms with Crippen LogP contribution in [0.4, 0.5) is 0 Å². The smallest absolute Gasteiger partial charge is 0.211 e. The van der Waals surface area contributed by atoms with E-state index >= 15 is 0 Å². The Bertz CT molecular complexity index is 209. The largest absolute Gasteiger partial charge is 0.327 e. The van der Waals surface area contributed by atoms with Crippen LogP contribution < -0.4 is 10.5 Å². The summed E-state index contributed by atoms with van der Waals surface area (Å²) in [5.41, 5.74) is 5.40. The lowest BCUT2D eigenvalue weighted by Gasteiger charge is -2.09. The maximum absolute atomic E-state index is 11.2. The van der Waals surface area contributed by atoms with Gasteiger partial charge in [0.05, 0.1) is 5.75 Å². The summed E-state index contributed by atoms with van der Waals surface area (Å²) in [5, 5.41) is 0. The van der Waals surface area contributed by atoms with Crippen LogP contribution in [0.15, 0.2) is 0 Å². The molecule has 0 aromatic heterocycles. The second-order valence-electron chi connectivity index (χ2n) is 3.50. The first kappa shape index (κ1) is 11.9. The minimum Gasteiger partial charge on any atom is -0.327 e. The number of hydrogen-bond donors (Lipinski definition) is 2. The highest BCUT2D eigenvalue weighted by atomic mass is 32.2. The molecular weight excluding hydrogens is 176 g/mol. The van der Waals surface area contributed by atoms with E-state index in [0.29, 0.717) is 6.54 Å². The van der Waals surface area contributed by atoms with Crippen molar-refractivity contribution in [3.63, 3.8) is 0 Å². The van der Waals surface area contributed by atoms with Gasteiger partial charge in [0.15, 0.2) is 0 Å². The third kappa shape index (κ3) is 6.57. The molecule has 0 saturated heterocycles. The van der Waals surface area contributed by atoms with Gasteiger partial charge in [0.1, 0.15) is 0 Å². The summed E-state index contributed by atoms with van der Waals surface area (Å²) in [6.45, 7) is 5.81. The standard InChI is InChI=1S/C7H18N2O2S/c1-6(2)5-12(10,11)9-4-7(3)8/h6-7,9H,4-5,8H2,1-3H3. The molecule has 0 aliphatic heterocycles. The van der Waals surface area contributed by atoms with E-state index in [4.69, 9.17) is 5.73 Å². The zero-order chi connectivity index (χ0) is 9.78. The lowest BCUT2D eigenvalue weighted by atomic mass is 10.3. The van der Waals surface area contributed by atoms with Crippen LogP contribution in [-0.2, 0) is 10.0 Å². The fraction of sp³-hybridized carbons (Fsp3) is 1.00. The Kier molecular flexibility index (Phi) is 4.74. The highest BCUT2D eigenvalue weighted by Gasteiger charge is 2.12. The van der Waals surface area contributed by atoms with Gasteiger partial charge in [-0.15, -0.1) is 0 Å². The van der Waals surface area contributed by atoms with Crippen LogP contribution in [0.1, 0.15) is 20.8 Å². The van der Waals surface area contributed by atoms with E-state index in [1.54, 1.807) is 6.92 Å². The van der Waals surface area contributed by atoms with Gasteiger partial charge in [-0.2, -0.15) is 0 Å². The molecule has 0 aromatic rings. The average Bonchev–Trinajstić information content (AvgIpc) is 1.81. The zero-order valence-electron chi connectivity index (χ0n) is 7.87. The van der Waals surface area contributed by atoms with Crippen molar-refractivity contribution in [3.8, 4) is 0 Å². The molecule has 0 amide bonds. The molecule has 0 fully saturated rings. The molecule has 0 spiro atoms. The van der Waals surface area contributed by atoms with Crippen molar-refractivity contribution in [2.24, 2.45) is 11.7 Å². The topological polar surface area (TPSA) is 72.2 Å². The number of nitrogens with one attached hydrogen (secondary N) is 1. The van der Waals surface area contributed by atoms with Crippen molar-refractivity contribution in [2.75, 3.05) is 12.3 Å². The Morgan fingerprint density at radius 3 is 2.17 bits per heavy atom. The molecular formula is C7H18N2O2S. The van der Waals surface area contributed by atoms with Crippen LogP contribution in [0.2, 0.25) is 0 Å². The van der Waals surface area contributed by atoms with Gasteiger partial charge in [-0.1, -0.05) is 13.8 Å². The molecule has 1 atom stereocenters. The van der Waals surface area contributed by atoms with Crippen molar-refractivity contribution >= 4 is 10.0 Å². The monoisotopic (exact) mass is 194 g/mol. The molecule has 74 valence electrons. The third-order valence-electron chi connectivity index (χ3n) is 1.18. The molecule has 0 aliphatic rings. The Labute approximate surface area is 74.6 Å². The first-order valence-corrected chi connectivity index (χ1v) is 5.71. The van der Waals surface area contributed by atoms with Gasteiger partial charge in [0, 0.05) is 12.6 Å². The SMILES string of the molecule is CC(C)CS(=O)(=O)NCC(C)N. The normalized spacial score (nSPS) is 15.1. The summed E-state index contributed by atoms with van der Waals surface area (Å²) in [7, 11) is -3.11. The number of hydrogen-bond acceptors (Lipinski definition) is 3. The van der Waals surface area contributed by atoms with E-state index in [1.165, 1.54) is 0 Å². The molecule has 5 heteroatoms. The molecule has 12 heavy (non-hydrogen) atoms. The maximum atomic E-state index is 11.2. The van der Waals surface area contributed by atoms with E-state index in [2.05, 4.69) is 4.72 Å². The molecule has 1 unspecified atom stereocenters. The Morgan fingerprint density at radius 2 is 1.83 bits per heavy atom. The zero-order valence-corrected chi connectivity index (χ0v) is 8.69. The molecule has 0 radical (unpaired) electrons. The summed E-state index contributed by atoms with van der Waals surface area (Å²) in [5.74, 6) is 0.315. The summed E-state index contributed by atoms with van der Waals surface area (Å²) in [4.78, 5) is 0. The molecule has 0 saturated carbocycles. The third-order valence-corrected chi connectivity index (χ3v) is 2.89. The van der Waals surface area contributed by atoms with Crippen LogP contribution in [0.5, 0.6) is 0 Å². The first-order valence-electron chi connectivity index (χ1n) is 4.06. The van der Waals surface area contributed by atoms with Crippen molar-refractivity contribution in [3.05, 3.63) is 0 Å². The van der Waals surface area contributed by atoms with Crippen LogP contribution >= 0.6 is 0 Å². The second-order valence-corrected chi connectivity index (χ2v) is 5.35. The fourth-order valence-electron chi connectivity index (χ4n) is 0.756. The molecule has 0 bridgehead atoms. The van der Waals surface area contributed by atoms with E-state index < -0.39 is 10.0 Å². The predicted octanol–water partition coefficient (Wildman–Crippen LogP) is -0.0910. The lowest BCUT2D eigenvalue weighted by molar-refractivity contribution is 0.561. The average molecular weight is 194 g/mol. The van der Waals surface area contributed by atoms with Crippen molar-refractivity contribution in [1.82, 2.24) is 4.72 Å². The van der Waals surface area contributed by atoms with Gasteiger partial charge in [-0.25, -0.2) is 13.1 Å². The lowest BCUT2D eigenvalue weighted by Crippen LogP contribution is -2.37. The van der Waals surface area contributed by atoms with Crippen LogP contribution in [0.3, 0.4) is 0 Å². The van der Waals surface area contributed by atoms with Crippen LogP contribution in [0.25, 0.3) is 0 Å². The summed E-state index contributed by atoms with van der Waals surface area (Å²) < 4.78 is 24.8. The van der Waals surface area contributed by atoms with E-state index in [1.807, 2.05) is 13.8 Å². The van der Waals surface area contributed by atoms with E-state index in [0.717, 1.165) is 0 Å². The van der Waals surface area contributed by atoms with Crippen LogP contribution in [0, 0.1) is 5.92 Å². The number of rotatable bonds is 5. The maximum Gasteiger partial charge on any atom is 0.211 e. The van der Waals surface area contributed by atoms with Gasteiger partial charge in [0.2, 0.25) is 10.0 Å². The Hall–Kier alpha value is -0.130. The Balaban J connectivity index is 3.89. The molecule has 3 N–H and O–H groups in total. The van der Waals surface area contributed by atoms with E-state index in [9.17, 15) is 8.42 Å². The second kappa shape index (κ2) is 4.79. The fourth-order valence-corrected chi connectivity index (χ4v) is 2.27. The van der Waals surface area contributed by atoms with Crippen molar-refractivity contribution < 1.29 is 8.42 Å². The first-order chi connectivity index (χ1) is 5.33. The van der Waals surface area contributed by atoms with Gasteiger partial charge in [0.25, 0.3) is 0 Å². The quantitative estimate of drug-likeness (QED) is 0.642. The molecule has 0 aliphatic carbocycles. The highest BCUT2D eigenvalue weighted by Crippen LogP contribution is 1.96.